The molecule has 110 valence electrons. The van der Waals surface area contributed by atoms with E-state index in [1.807, 2.05) is 25.1 Å². The maximum atomic E-state index is 11.5. The number of hydrogen-bond acceptors (Lipinski definition) is 4. The van der Waals surface area contributed by atoms with E-state index in [2.05, 4.69) is 10.6 Å². The zero-order valence-corrected chi connectivity index (χ0v) is 12.1. The Morgan fingerprint density at radius 1 is 1.40 bits per heavy atom. The highest BCUT2D eigenvalue weighted by molar-refractivity contribution is 5.77. The van der Waals surface area contributed by atoms with Crippen LogP contribution >= 0.6 is 0 Å². The first-order chi connectivity index (χ1) is 9.72. The van der Waals surface area contributed by atoms with E-state index in [9.17, 15) is 4.79 Å². The van der Waals surface area contributed by atoms with Crippen LogP contribution in [0.2, 0.25) is 0 Å². The van der Waals surface area contributed by atoms with Crippen LogP contribution in [0.3, 0.4) is 0 Å². The summed E-state index contributed by atoms with van der Waals surface area (Å²) in [5.41, 5.74) is 1.04. The number of hydrogen-bond donors (Lipinski definition) is 2. The number of ether oxygens (including phenoxy) is 2. The highest BCUT2D eigenvalue weighted by Crippen LogP contribution is 2.26. The second-order valence-corrected chi connectivity index (χ2v) is 4.87. The molecule has 1 fully saturated rings. The lowest BCUT2D eigenvalue weighted by Crippen LogP contribution is -2.28. The summed E-state index contributed by atoms with van der Waals surface area (Å²) in [4.78, 5) is 11.5. The van der Waals surface area contributed by atoms with Crippen molar-refractivity contribution in [2.75, 3.05) is 20.3 Å². The average Bonchev–Trinajstić information content (AvgIpc) is 3.27. The second-order valence-electron chi connectivity index (χ2n) is 4.87. The Morgan fingerprint density at radius 3 is 2.85 bits per heavy atom. The van der Waals surface area contributed by atoms with E-state index in [-0.39, 0.29) is 12.5 Å². The van der Waals surface area contributed by atoms with Gasteiger partial charge in [0, 0.05) is 30.8 Å². The minimum absolute atomic E-state index is 0.0252. The molecule has 1 aromatic rings. The average molecular weight is 278 g/mol. The van der Waals surface area contributed by atoms with Crippen molar-refractivity contribution in [2.45, 2.75) is 32.4 Å². The molecule has 0 atom stereocenters. The van der Waals surface area contributed by atoms with Gasteiger partial charge in [0.05, 0.1) is 7.11 Å². The molecule has 0 aromatic heterocycles. The molecule has 0 saturated heterocycles. The number of benzene rings is 1. The van der Waals surface area contributed by atoms with Crippen molar-refractivity contribution in [3.8, 4) is 11.5 Å². The summed E-state index contributed by atoms with van der Waals surface area (Å²) in [6.07, 6.45) is 2.48. The maximum absolute atomic E-state index is 11.5. The molecule has 0 radical (unpaired) electrons. The SMILES string of the molecule is CCNC(=O)COc1cc(OC)ccc1CNC1CC1. The summed E-state index contributed by atoms with van der Waals surface area (Å²) in [7, 11) is 1.62. The smallest absolute Gasteiger partial charge is 0.257 e. The summed E-state index contributed by atoms with van der Waals surface area (Å²) < 4.78 is 10.8. The van der Waals surface area contributed by atoms with Gasteiger partial charge >= 0.3 is 0 Å². The third-order valence-corrected chi connectivity index (χ3v) is 3.17. The summed E-state index contributed by atoms with van der Waals surface area (Å²) in [6, 6.07) is 6.33. The van der Waals surface area contributed by atoms with Crippen LogP contribution in [0.25, 0.3) is 0 Å². The number of methoxy groups -OCH3 is 1. The fraction of sp³-hybridized carbons (Fsp3) is 0.533. The number of rotatable bonds is 8. The molecule has 1 amide bonds. The van der Waals surface area contributed by atoms with Crippen molar-refractivity contribution in [3.05, 3.63) is 23.8 Å². The lowest BCUT2D eigenvalue weighted by Gasteiger charge is -2.13. The van der Waals surface area contributed by atoms with E-state index in [1.165, 1.54) is 12.8 Å². The molecular formula is C15H22N2O3. The number of amides is 1. The summed E-state index contributed by atoms with van der Waals surface area (Å²) in [5.74, 6) is 1.31. The Labute approximate surface area is 119 Å². The van der Waals surface area contributed by atoms with Gasteiger partial charge in [-0.1, -0.05) is 6.07 Å². The molecule has 2 N–H and O–H groups in total. The monoisotopic (exact) mass is 278 g/mol. The van der Waals surface area contributed by atoms with E-state index >= 15 is 0 Å². The zero-order valence-electron chi connectivity index (χ0n) is 12.1. The van der Waals surface area contributed by atoms with Gasteiger partial charge in [-0.15, -0.1) is 0 Å². The van der Waals surface area contributed by atoms with Gasteiger partial charge in [0.1, 0.15) is 11.5 Å². The summed E-state index contributed by atoms with van der Waals surface area (Å²) in [5, 5.41) is 6.16. The molecule has 0 bridgehead atoms. The Bertz CT molecular complexity index is 458. The molecule has 1 saturated carbocycles. The van der Waals surface area contributed by atoms with Gasteiger partial charge in [0.2, 0.25) is 0 Å². The predicted octanol–water partition coefficient (Wildman–Crippen LogP) is 1.46. The lowest BCUT2D eigenvalue weighted by molar-refractivity contribution is -0.123. The van der Waals surface area contributed by atoms with E-state index < -0.39 is 0 Å². The Morgan fingerprint density at radius 2 is 2.20 bits per heavy atom. The fourth-order valence-corrected chi connectivity index (χ4v) is 1.88. The third kappa shape index (κ3) is 4.42. The molecular weight excluding hydrogens is 256 g/mol. The number of nitrogens with one attached hydrogen (secondary N) is 2. The molecule has 2 rings (SSSR count). The normalized spacial score (nSPS) is 13.9. The first-order valence-electron chi connectivity index (χ1n) is 7.02. The number of likely N-dealkylation sites (N-methyl/N-ethyl adjacent to an activating group) is 1. The highest BCUT2D eigenvalue weighted by Gasteiger charge is 2.20. The molecule has 0 heterocycles. The predicted molar refractivity (Wildman–Crippen MR) is 77.0 cm³/mol. The Hall–Kier alpha value is -1.75. The number of carbonyl (C=O) groups is 1. The van der Waals surface area contributed by atoms with Crippen LogP contribution in [0.1, 0.15) is 25.3 Å². The molecule has 0 unspecified atom stereocenters. The Balaban J connectivity index is 1.99. The Kier molecular flexibility index (Phi) is 5.24. The van der Waals surface area contributed by atoms with Gasteiger partial charge in [0.15, 0.2) is 6.61 Å². The molecule has 1 aliphatic carbocycles. The van der Waals surface area contributed by atoms with E-state index in [1.54, 1.807) is 7.11 Å². The van der Waals surface area contributed by atoms with Crippen LogP contribution in [-0.2, 0) is 11.3 Å². The summed E-state index contributed by atoms with van der Waals surface area (Å²) >= 11 is 0. The second kappa shape index (κ2) is 7.14. The first kappa shape index (κ1) is 14.7. The van der Waals surface area contributed by atoms with Crippen LogP contribution < -0.4 is 20.1 Å². The van der Waals surface area contributed by atoms with Gasteiger partial charge in [-0.3, -0.25) is 4.79 Å². The molecule has 0 spiro atoms. The minimum atomic E-state index is -0.114. The van der Waals surface area contributed by atoms with Crippen LogP contribution in [-0.4, -0.2) is 32.2 Å². The number of carbonyl (C=O) groups excluding carboxylic acids is 1. The van der Waals surface area contributed by atoms with E-state index in [4.69, 9.17) is 9.47 Å². The first-order valence-corrected chi connectivity index (χ1v) is 7.02. The quantitative estimate of drug-likeness (QED) is 0.756. The van der Waals surface area contributed by atoms with Crippen molar-refractivity contribution >= 4 is 5.91 Å². The van der Waals surface area contributed by atoms with Crippen molar-refractivity contribution in [1.82, 2.24) is 10.6 Å². The highest BCUT2D eigenvalue weighted by atomic mass is 16.5. The van der Waals surface area contributed by atoms with E-state index in [0.29, 0.717) is 18.3 Å². The maximum Gasteiger partial charge on any atom is 0.257 e. The van der Waals surface area contributed by atoms with Gasteiger partial charge < -0.3 is 20.1 Å². The molecule has 1 aromatic carbocycles. The van der Waals surface area contributed by atoms with Crippen LogP contribution in [0.4, 0.5) is 0 Å². The van der Waals surface area contributed by atoms with Crippen LogP contribution in [0.15, 0.2) is 18.2 Å². The largest absolute Gasteiger partial charge is 0.497 e. The minimum Gasteiger partial charge on any atom is -0.497 e. The van der Waals surface area contributed by atoms with Crippen molar-refractivity contribution in [1.29, 1.82) is 0 Å². The molecule has 5 nitrogen and oxygen atoms in total. The van der Waals surface area contributed by atoms with Gasteiger partial charge in [-0.2, -0.15) is 0 Å². The fourth-order valence-electron chi connectivity index (χ4n) is 1.88. The van der Waals surface area contributed by atoms with Crippen molar-refractivity contribution in [3.63, 3.8) is 0 Å². The summed E-state index contributed by atoms with van der Waals surface area (Å²) in [6.45, 7) is 3.27. The molecule has 5 heteroatoms. The molecule has 20 heavy (non-hydrogen) atoms. The van der Waals surface area contributed by atoms with Crippen molar-refractivity contribution < 1.29 is 14.3 Å². The third-order valence-electron chi connectivity index (χ3n) is 3.17. The van der Waals surface area contributed by atoms with E-state index in [0.717, 1.165) is 17.9 Å². The van der Waals surface area contributed by atoms with Crippen LogP contribution in [0.5, 0.6) is 11.5 Å². The molecule has 1 aliphatic rings. The topological polar surface area (TPSA) is 59.6 Å². The van der Waals surface area contributed by atoms with Crippen molar-refractivity contribution in [2.24, 2.45) is 0 Å². The van der Waals surface area contributed by atoms with Gasteiger partial charge in [-0.05, 0) is 25.8 Å². The zero-order chi connectivity index (χ0) is 14.4. The standard InChI is InChI=1S/C15H22N2O3/c1-3-16-15(18)10-20-14-8-13(19-2)7-4-11(14)9-17-12-5-6-12/h4,7-8,12,17H,3,5-6,9-10H2,1-2H3,(H,16,18). The van der Waals surface area contributed by atoms with Gasteiger partial charge in [-0.25, -0.2) is 0 Å². The van der Waals surface area contributed by atoms with Gasteiger partial charge in [0.25, 0.3) is 5.91 Å². The van der Waals surface area contributed by atoms with Crippen LogP contribution in [0, 0.1) is 0 Å². The lowest BCUT2D eigenvalue weighted by atomic mass is 10.2. The molecule has 0 aliphatic heterocycles.